The van der Waals surface area contributed by atoms with Crippen molar-refractivity contribution in [2.75, 3.05) is 20.9 Å². The molecule has 0 aliphatic rings. The van der Waals surface area contributed by atoms with Gasteiger partial charge in [0.05, 0.1) is 17.2 Å². The van der Waals surface area contributed by atoms with E-state index in [1.165, 1.54) is 4.52 Å². The van der Waals surface area contributed by atoms with E-state index < -0.39 is 30.9 Å². The summed E-state index contributed by atoms with van der Waals surface area (Å²) < 4.78 is 59.5. The van der Waals surface area contributed by atoms with Gasteiger partial charge in [-0.25, -0.2) is 30.8 Å². The summed E-state index contributed by atoms with van der Waals surface area (Å²) in [7, 11) is -7.28. The third-order valence-corrected chi connectivity index (χ3v) is 10.1. The predicted octanol–water partition coefficient (Wildman–Crippen LogP) is 4.28. The molecule has 0 amide bonds. The largest absolute Gasteiger partial charge is 0.293 e. The van der Waals surface area contributed by atoms with E-state index in [1.54, 1.807) is 4.52 Å². The van der Waals surface area contributed by atoms with Crippen LogP contribution in [0.4, 0.5) is 11.9 Å². The van der Waals surface area contributed by atoms with Crippen LogP contribution in [-0.4, -0.2) is 68.0 Å². The van der Waals surface area contributed by atoms with Gasteiger partial charge in [0.15, 0.2) is 11.3 Å². The Morgan fingerprint density at radius 2 is 1.24 bits per heavy atom. The molecule has 16 heteroatoms. The van der Waals surface area contributed by atoms with E-state index in [-0.39, 0.29) is 23.4 Å². The first-order chi connectivity index (χ1) is 21.0. The van der Waals surface area contributed by atoms with Crippen molar-refractivity contribution in [3.63, 3.8) is 0 Å². The number of aromatic amines is 1. The maximum Gasteiger partial charge on any atom is 0.259 e. The van der Waals surface area contributed by atoms with E-state index in [2.05, 4.69) is 48.8 Å². The third-order valence-electron chi connectivity index (χ3n) is 7.51. The SMILES string of the molecule is CCCCCCS(=O)(=O)Nc1nnc2c(=Cc3c(C(C)(C)C)[nH]n4c(NS(=O)(=O)CCCCCC)nnc34)c(C(C)(C)C)nn12. The molecule has 0 atom stereocenters. The second kappa shape index (κ2) is 13.2. The summed E-state index contributed by atoms with van der Waals surface area (Å²) >= 11 is 0. The Hall–Kier alpha value is -3.27. The first kappa shape index (κ1) is 34.6. The second-order valence-electron chi connectivity index (χ2n) is 13.7. The highest BCUT2D eigenvalue weighted by atomic mass is 32.2. The summed E-state index contributed by atoms with van der Waals surface area (Å²) in [5.41, 5.74) is 2.14. The van der Waals surface area contributed by atoms with Crippen molar-refractivity contribution in [3.05, 3.63) is 22.2 Å². The molecule has 0 aromatic carbocycles. The van der Waals surface area contributed by atoms with E-state index in [4.69, 9.17) is 5.10 Å². The van der Waals surface area contributed by atoms with Gasteiger partial charge in [-0.05, 0) is 18.9 Å². The van der Waals surface area contributed by atoms with Gasteiger partial charge < -0.3 is 0 Å². The van der Waals surface area contributed by atoms with Crippen LogP contribution in [0.5, 0.6) is 0 Å². The highest BCUT2D eigenvalue weighted by Crippen LogP contribution is 2.30. The number of hydrogen-bond donors (Lipinski definition) is 3. The average molecular weight is 665 g/mol. The molecule has 4 heterocycles. The third kappa shape index (κ3) is 8.12. The van der Waals surface area contributed by atoms with Crippen LogP contribution in [0.1, 0.15) is 124 Å². The Morgan fingerprint density at radius 3 is 1.78 bits per heavy atom. The zero-order valence-electron chi connectivity index (χ0n) is 27.7. The number of hydrogen-bond acceptors (Lipinski definition) is 9. The number of rotatable bonds is 15. The molecular formula is C29H48N10O4S2. The zero-order chi connectivity index (χ0) is 33.2. The fourth-order valence-corrected chi connectivity index (χ4v) is 7.33. The monoisotopic (exact) mass is 664 g/mol. The van der Waals surface area contributed by atoms with Crippen LogP contribution in [0, 0.1) is 0 Å². The molecule has 0 saturated heterocycles. The lowest BCUT2D eigenvalue weighted by molar-refractivity contribution is 0.558. The number of sulfonamides is 2. The molecule has 0 spiro atoms. The maximum atomic E-state index is 12.9. The molecule has 0 bridgehead atoms. The molecule has 0 aliphatic heterocycles. The molecule has 0 aliphatic carbocycles. The van der Waals surface area contributed by atoms with Crippen molar-refractivity contribution in [2.45, 2.75) is 118 Å². The topological polar surface area (TPSA) is 181 Å². The van der Waals surface area contributed by atoms with E-state index >= 15 is 0 Å². The van der Waals surface area contributed by atoms with Gasteiger partial charge >= 0.3 is 0 Å². The van der Waals surface area contributed by atoms with Crippen LogP contribution in [0.15, 0.2) is 0 Å². The highest BCUT2D eigenvalue weighted by molar-refractivity contribution is 7.92. The van der Waals surface area contributed by atoms with Gasteiger partial charge in [0.1, 0.15) is 0 Å². The number of anilines is 2. The number of H-pyrrole nitrogens is 1. The Kier molecular flexibility index (Phi) is 10.2. The number of nitrogens with zero attached hydrogens (tertiary/aromatic N) is 7. The Balaban J connectivity index is 1.81. The second-order valence-corrected chi connectivity index (χ2v) is 17.4. The first-order valence-corrected chi connectivity index (χ1v) is 19.0. The van der Waals surface area contributed by atoms with Crippen LogP contribution in [0.3, 0.4) is 0 Å². The van der Waals surface area contributed by atoms with E-state index in [1.807, 2.05) is 47.6 Å². The molecule has 3 N–H and O–H groups in total. The van der Waals surface area contributed by atoms with Gasteiger partial charge in [-0.2, -0.15) is 9.61 Å². The molecule has 0 radical (unpaired) electrons. The van der Waals surface area contributed by atoms with Gasteiger partial charge in [0.25, 0.3) is 11.9 Å². The molecule has 4 rings (SSSR count). The van der Waals surface area contributed by atoms with Crippen molar-refractivity contribution >= 4 is 49.3 Å². The molecule has 45 heavy (non-hydrogen) atoms. The Morgan fingerprint density at radius 1 is 0.711 bits per heavy atom. The van der Waals surface area contributed by atoms with Gasteiger partial charge in [0.2, 0.25) is 20.0 Å². The molecule has 0 unspecified atom stereocenters. The summed E-state index contributed by atoms with van der Waals surface area (Å²) in [6.45, 7) is 16.3. The molecule has 4 aromatic rings. The van der Waals surface area contributed by atoms with Crippen molar-refractivity contribution < 1.29 is 16.8 Å². The first-order valence-electron chi connectivity index (χ1n) is 15.7. The Labute approximate surface area is 265 Å². The lowest BCUT2D eigenvalue weighted by atomic mass is 9.88. The Bertz CT molecular complexity index is 1890. The normalized spacial score (nSPS) is 13.8. The van der Waals surface area contributed by atoms with Gasteiger partial charge in [-0.1, -0.05) is 93.9 Å². The molecule has 14 nitrogen and oxygen atoms in total. The lowest BCUT2D eigenvalue weighted by Gasteiger charge is -2.18. The summed E-state index contributed by atoms with van der Waals surface area (Å²) in [6.07, 6.45) is 8.67. The standard InChI is InChI=1S/C29H48N10O4S2/c1-9-11-13-15-17-44(40,41)36-26-32-30-24-20(22(28(3,4)5)34-38(24)26)19-21-23(29(6,7)8)35-39-25(21)31-33-27(39)37-45(42,43)18-16-14-12-10-2/h19,34H,9-18H2,1-8H3,(H,32,36)(H,33,37). The molecular weight excluding hydrogens is 617 g/mol. The van der Waals surface area contributed by atoms with Crippen LogP contribution >= 0.6 is 0 Å². The van der Waals surface area contributed by atoms with Crippen LogP contribution in [-0.2, 0) is 30.9 Å². The minimum absolute atomic E-state index is 0.00243. The van der Waals surface area contributed by atoms with Gasteiger partial charge in [-0.3, -0.25) is 5.10 Å². The molecule has 250 valence electrons. The van der Waals surface area contributed by atoms with Crippen LogP contribution in [0.25, 0.3) is 17.4 Å². The van der Waals surface area contributed by atoms with Crippen molar-refractivity contribution in [3.8, 4) is 0 Å². The maximum absolute atomic E-state index is 12.9. The van der Waals surface area contributed by atoms with Crippen molar-refractivity contribution in [1.82, 2.24) is 39.6 Å². The van der Waals surface area contributed by atoms with Gasteiger partial charge in [0, 0.05) is 27.3 Å². The number of fused-ring (bicyclic) bond motifs is 2. The quantitative estimate of drug-likeness (QED) is 0.156. The zero-order valence-corrected chi connectivity index (χ0v) is 29.4. The highest BCUT2D eigenvalue weighted by Gasteiger charge is 2.29. The van der Waals surface area contributed by atoms with Crippen LogP contribution < -0.4 is 14.7 Å². The van der Waals surface area contributed by atoms with Crippen molar-refractivity contribution in [1.29, 1.82) is 0 Å². The van der Waals surface area contributed by atoms with Crippen LogP contribution in [0.2, 0.25) is 0 Å². The van der Waals surface area contributed by atoms with E-state index in [9.17, 15) is 16.8 Å². The number of nitrogens with one attached hydrogen (secondary N) is 3. The molecule has 0 fully saturated rings. The van der Waals surface area contributed by atoms with E-state index in [0.29, 0.717) is 40.6 Å². The molecule has 4 aromatic heterocycles. The lowest BCUT2D eigenvalue weighted by Crippen LogP contribution is -2.23. The summed E-state index contributed by atoms with van der Waals surface area (Å²) in [6, 6.07) is 0. The summed E-state index contributed by atoms with van der Waals surface area (Å²) in [4.78, 5) is 0. The number of aromatic nitrogens is 8. The summed E-state index contributed by atoms with van der Waals surface area (Å²) in [5, 5.41) is 25.7. The minimum Gasteiger partial charge on any atom is -0.293 e. The molecule has 0 saturated carbocycles. The number of unbranched alkanes of at least 4 members (excludes halogenated alkanes) is 6. The smallest absolute Gasteiger partial charge is 0.259 e. The van der Waals surface area contributed by atoms with E-state index in [0.717, 1.165) is 44.2 Å². The minimum atomic E-state index is -3.65. The summed E-state index contributed by atoms with van der Waals surface area (Å²) in [5.74, 6) is 0.0869. The fourth-order valence-electron chi connectivity index (χ4n) is 5.14. The predicted molar refractivity (Wildman–Crippen MR) is 177 cm³/mol. The average Bonchev–Trinajstić information content (AvgIpc) is 3.67. The fraction of sp³-hybridized carbons (Fsp3) is 0.690. The van der Waals surface area contributed by atoms with Gasteiger partial charge in [-0.15, -0.1) is 20.4 Å². The van der Waals surface area contributed by atoms with Crippen molar-refractivity contribution in [2.24, 2.45) is 0 Å².